The van der Waals surface area contributed by atoms with Gasteiger partial charge in [-0.1, -0.05) is 0 Å². The molecular formula is C11H18N2OS. The molecule has 15 heavy (non-hydrogen) atoms. The molecule has 1 aromatic heterocycles. The number of hydrogen-bond donors (Lipinski definition) is 1. The molecule has 0 saturated carbocycles. The van der Waals surface area contributed by atoms with Gasteiger partial charge in [-0.25, -0.2) is 0 Å². The molecule has 1 heterocycles. The maximum atomic E-state index is 11.2. The molecule has 1 rings (SSSR count). The molecule has 4 heteroatoms. The van der Waals surface area contributed by atoms with Crippen molar-refractivity contribution in [1.29, 1.82) is 0 Å². The molecule has 84 valence electrons. The van der Waals surface area contributed by atoms with Gasteiger partial charge in [-0.05, 0) is 31.5 Å². The van der Waals surface area contributed by atoms with Crippen molar-refractivity contribution in [3.05, 3.63) is 30.1 Å². The Labute approximate surface area is 93.8 Å². The SMILES string of the molecule is CC(NCC(C)S(C)=O)c1ccncc1. The summed E-state index contributed by atoms with van der Waals surface area (Å²) < 4.78 is 11.2. The Balaban J connectivity index is 2.43. The first-order valence-corrected chi connectivity index (χ1v) is 6.69. The smallest absolute Gasteiger partial charge is 0.0441 e. The van der Waals surface area contributed by atoms with Crippen LogP contribution in [0, 0.1) is 0 Å². The van der Waals surface area contributed by atoms with Crippen LogP contribution in [0.4, 0.5) is 0 Å². The van der Waals surface area contributed by atoms with Crippen LogP contribution in [0.2, 0.25) is 0 Å². The van der Waals surface area contributed by atoms with Crippen LogP contribution in [0.15, 0.2) is 24.5 Å². The van der Waals surface area contributed by atoms with Crippen molar-refractivity contribution >= 4 is 10.8 Å². The maximum Gasteiger partial charge on any atom is 0.0441 e. The highest BCUT2D eigenvalue weighted by Gasteiger charge is 2.09. The van der Waals surface area contributed by atoms with Crippen molar-refractivity contribution in [3.63, 3.8) is 0 Å². The molecule has 0 amide bonds. The van der Waals surface area contributed by atoms with E-state index in [1.54, 1.807) is 18.6 Å². The first kappa shape index (κ1) is 12.3. The van der Waals surface area contributed by atoms with Gasteiger partial charge in [0.1, 0.15) is 0 Å². The van der Waals surface area contributed by atoms with Crippen molar-refractivity contribution in [2.75, 3.05) is 12.8 Å². The third kappa shape index (κ3) is 4.10. The number of pyridine rings is 1. The van der Waals surface area contributed by atoms with Crippen LogP contribution in [0.1, 0.15) is 25.5 Å². The normalized spacial score (nSPS) is 17.0. The Morgan fingerprint density at radius 3 is 2.53 bits per heavy atom. The molecule has 0 saturated heterocycles. The number of nitrogens with zero attached hydrogens (tertiary/aromatic N) is 1. The summed E-state index contributed by atoms with van der Waals surface area (Å²) in [6.45, 7) is 4.86. The lowest BCUT2D eigenvalue weighted by molar-refractivity contribution is 0.568. The monoisotopic (exact) mass is 226 g/mol. The fraction of sp³-hybridized carbons (Fsp3) is 0.545. The third-order valence-corrected chi connectivity index (χ3v) is 3.78. The number of nitrogens with one attached hydrogen (secondary N) is 1. The quantitative estimate of drug-likeness (QED) is 0.827. The zero-order valence-corrected chi connectivity index (χ0v) is 10.3. The van der Waals surface area contributed by atoms with Crippen molar-refractivity contribution in [1.82, 2.24) is 10.3 Å². The minimum Gasteiger partial charge on any atom is -0.309 e. The summed E-state index contributed by atoms with van der Waals surface area (Å²) in [6.07, 6.45) is 5.31. The van der Waals surface area contributed by atoms with Gasteiger partial charge in [0.05, 0.1) is 0 Å². The standard InChI is InChI=1S/C11H18N2OS/c1-9(15(3)14)8-13-10(2)11-4-6-12-7-5-11/h4-7,9-10,13H,8H2,1-3H3. The Hall–Kier alpha value is -0.740. The van der Waals surface area contributed by atoms with Crippen molar-refractivity contribution in [2.24, 2.45) is 0 Å². The van der Waals surface area contributed by atoms with Gasteiger partial charge >= 0.3 is 0 Å². The lowest BCUT2D eigenvalue weighted by Crippen LogP contribution is -2.29. The highest BCUT2D eigenvalue weighted by molar-refractivity contribution is 7.84. The second kappa shape index (κ2) is 5.98. The molecule has 0 radical (unpaired) electrons. The summed E-state index contributed by atoms with van der Waals surface area (Å²) in [6, 6.07) is 4.26. The van der Waals surface area contributed by atoms with E-state index in [0.29, 0.717) is 0 Å². The van der Waals surface area contributed by atoms with Gasteiger partial charge in [-0.15, -0.1) is 0 Å². The van der Waals surface area contributed by atoms with Crippen molar-refractivity contribution in [3.8, 4) is 0 Å². The van der Waals surface area contributed by atoms with Gasteiger partial charge in [0.25, 0.3) is 0 Å². The molecule has 3 nitrogen and oxygen atoms in total. The second-order valence-electron chi connectivity index (χ2n) is 3.72. The van der Waals surface area contributed by atoms with E-state index in [2.05, 4.69) is 17.2 Å². The number of rotatable bonds is 5. The Morgan fingerprint density at radius 2 is 2.00 bits per heavy atom. The second-order valence-corrected chi connectivity index (χ2v) is 5.52. The predicted molar refractivity (Wildman–Crippen MR) is 64.2 cm³/mol. The summed E-state index contributed by atoms with van der Waals surface area (Å²) in [5, 5.41) is 3.55. The summed E-state index contributed by atoms with van der Waals surface area (Å²) in [5.74, 6) is 0. The molecule has 0 fully saturated rings. The summed E-state index contributed by atoms with van der Waals surface area (Å²) in [4.78, 5) is 3.97. The molecule has 1 N–H and O–H groups in total. The van der Waals surface area contributed by atoms with Crippen LogP contribution in [0.25, 0.3) is 0 Å². The van der Waals surface area contributed by atoms with Gasteiger partial charge in [0.15, 0.2) is 0 Å². The first-order chi connectivity index (χ1) is 7.11. The van der Waals surface area contributed by atoms with Crippen LogP contribution in [-0.4, -0.2) is 27.2 Å². The molecule has 3 unspecified atom stereocenters. The van der Waals surface area contributed by atoms with Crippen molar-refractivity contribution in [2.45, 2.75) is 25.1 Å². The molecule has 0 aliphatic carbocycles. The summed E-state index contributed by atoms with van der Waals surface area (Å²) in [5.41, 5.74) is 1.21. The van der Waals surface area contributed by atoms with E-state index in [-0.39, 0.29) is 11.3 Å². The Kier molecular flexibility index (Phi) is 4.91. The first-order valence-electron chi connectivity index (χ1n) is 5.06. The van der Waals surface area contributed by atoms with E-state index >= 15 is 0 Å². The molecule has 3 atom stereocenters. The number of hydrogen-bond acceptors (Lipinski definition) is 3. The number of aromatic nitrogens is 1. The Morgan fingerprint density at radius 1 is 1.40 bits per heavy atom. The van der Waals surface area contributed by atoms with Crippen LogP contribution in [-0.2, 0) is 10.8 Å². The minimum absolute atomic E-state index is 0.189. The molecule has 1 aromatic rings. The molecule has 0 aromatic carbocycles. The van der Waals surface area contributed by atoms with Gasteiger partial charge in [0, 0.05) is 47.3 Å². The zero-order chi connectivity index (χ0) is 11.3. The molecule has 0 spiro atoms. The van der Waals surface area contributed by atoms with Crippen LogP contribution in [0.3, 0.4) is 0 Å². The van der Waals surface area contributed by atoms with Crippen LogP contribution >= 0.6 is 0 Å². The average Bonchev–Trinajstić information content (AvgIpc) is 2.26. The van der Waals surface area contributed by atoms with Gasteiger partial charge in [0.2, 0.25) is 0 Å². The topological polar surface area (TPSA) is 42.0 Å². The van der Waals surface area contributed by atoms with Gasteiger partial charge < -0.3 is 5.32 Å². The summed E-state index contributed by atoms with van der Waals surface area (Å²) >= 11 is 0. The fourth-order valence-corrected chi connectivity index (χ4v) is 1.56. The zero-order valence-electron chi connectivity index (χ0n) is 9.43. The fourth-order valence-electron chi connectivity index (χ4n) is 1.23. The molecule has 0 aliphatic rings. The highest BCUT2D eigenvalue weighted by atomic mass is 32.2. The average molecular weight is 226 g/mol. The largest absolute Gasteiger partial charge is 0.309 e. The minimum atomic E-state index is -0.758. The lowest BCUT2D eigenvalue weighted by atomic mass is 10.1. The maximum absolute atomic E-state index is 11.2. The molecular weight excluding hydrogens is 208 g/mol. The van der Waals surface area contributed by atoms with E-state index in [9.17, 15) is 4.21 Å². The third-order valence-electron chi connectivity index (χ3n) is 2.48. The van der Waals surface area contributed by atoms with Gasteiger partial charge in [-0.2, -0.15) is 0 Å². The van der Waals surface area contributed by atoms with E-state index in [4.69, 9.17) is 0 Å². The predicted octanol–water partition coefficient (Wildman–Crippen LogP) is 1.50. The van der Waals surface area contributed by atoms with Gasteiger partial charge in [-0.3, -0.25) is 9.19 Å². The Bertz CT molecular complexity index is 316. The molecule has 0 aliphatic heterocycles. The van der Waals surface area contributed by atoms with Crippen LogP contribution in [0.5, 0.6) is 0 Å². The van der Waals surface area contributed by atoms with E-state index in [0.717, 1.165) is 6.54 Å². The van der Waals surface area contributed by atoms with E-state index < -0.39 is 10.8 Å². The lowest BCUT2D eigenvalue weighted by Gasteiger charge is -2.16. The summed E-state index contributed by atoms with van der Waals surface area (Å²) in [7, 11) is -0.758. The van der Waals surface area contributed by atoms with Crippen LogP contribution < -0.4 is 5.32 Å². The van der Waals surface area contributed by atoms with Crippen molar-refractivity contribution < 1.29 is 4.21 Å². The molecule has 0 bridgehead atoms. The van der Waals surface area contributed by atoms with E-state index in [1.807, 2.05) is 19.1 Å². The van der Waals surface area contributed by atoms with E-state index in [1.165, 1.54) is 5.56 Å². The highest BCUT2D eigenvalue weighted by Crippen LogP contribution is 2.10.